The van der Waals surface area contributed by atoms with Gasteiger partial charge in [0.2, 0.25) is 0 Å². The van der Waals surface area contributed by atoms with Gasteiger partial charge in [-0.05, 0) is 19.9 Å². The van der Waals surface area contributed by atoms with Crippen LogP contribution in [0.1, 0.15) is 20.3 Å². The summed E-state index contributed by atoms with van der Waals surface area (Å²) < 4.78 is 34.5. The molecule has 3 rings (SSSR count). The van der Waals surface area contributed by atoms with E-state index in [4.69, 9.17) is 34.2 Å². The molecule has 0 aromatic carbocycles. The number of rotatable bonds is 10. The summed E-state index contributed by atoms with van der Waals surface area (Å²) in [6, 6.07) is 0. The van der Waals surface area contributed by atoms with Gasteiger partial charge in [0.1, 0.15) is 54.9 Å². The van der Waals surface area contributed by atoms with Gasteiger partial charge in [-0.25, -0.2) is 0 Å². The normalized spacial score (nSPS) is 49.2. The third kappa shape index (κ3) is 6.77. The number of hydrogen-bond donors (Lipinski definition) is 9. The molecular weight excluding hydrogens is 502 g/mol. The summed E-state index contributed by atoms with van der Waals surface area (Å²) in [7, 11) is 0. The standard InChI is InChI=1S/C22H41NO14/c1-8-12(26)14(28)10(6-24)34-20(8)36-18-15(29)11(7-25)35-22(32-5-3-4-23)19(18)37-21-17(31)16(30)13(27)9(2)33-21/h8-22,24-31H,3-7,23H2,1-2H3/t8?,9?,10?,11?,12-,13-,14+,15+,16+,17?,18+,19?,20-,21+,22-/m1/s1. The van der Waals surface area contributed by atoms with Crippen LogP contribution in [0.2, 0.25) is 0 Å². The van der Waals surface area contributed by atoms with E-state index < -0.39 is 105 Å². The minimum Gasteiger partial charge on any atom is -0.394 e. The van der Waals surface area contributed by atoms with E-state index in [0.717, 1.165) is 0 Å². The average molecular weight is 544 g/mol. The van der Waals surface area contributed by atoms with E-state index in [2.05, 4.69) is 0 Å². The van der Waals surface area contributed by atoms with Crippen molar-refractivity contribution in [1.29, 1.82) is 0 Å². The van der Waals surface area contributed by atoms with Crippen LogP contribution in [0.5, 0.6) is 0 Å². The fourth-order valence-electron chi connectivity index (χ4n) is 4.57. The third-order valence-electron chi connectivity index (χ3n) is 7.01. The molecule has 3 fully saturated rings. The zero-order valence-electron chi connectivity index (χ0n) is 20.8. The SMILES string of the molecule is CC1O[C@@H](OC2[C@H](OCCCN)OC(CO)[C@H](O)[C@@H]2O[C@H]2OC(CO)[C@H](O)[C@H](O)C2C)C(O)[C@@H](O)[C@@H]1O. The van der Waals surface area contributed by atoms with Crippen LogP contribution in [0.15, 0.2) is 0 Å². The molecular formula is C22H41NO14. The minimum atomic E-state index is -1.69. The van der Waals surface area contributed by atoms with Gasteiger partial charge in [-0.15, -0.1) is 0 Å². The Labute approximate surface area is 214 Å². The average Bonchev–Trinajstić information content (AvgIpc) is 2.88. The van der Waals surface area contributed by atoms with E-state index in [1.54, 1.807) is 0 Å². The maximum atomic E-state index is 11.0. The van der Waals surface area contributed by atoms with Crippen molar-refractivity contribution >= 4 is 0 Å². The Bertz CT molecular complexity index is 690. The molecule has 3 heterocycles. The highest BCUT2D eigenvalue weighted by Crippen LogP contribution is 2.35. The Morgan fingerprint density at radius 2 is 1.24 bits per heavy atom. The van der Waals surface area contributed by atoms with E-state index in [-0.39, 0.29) is 6.61 Å². The van der Waals surface area contributed by atoms with E-state index >= 15 is 0 Å². The smallest absolute Gasteiger partial charge is 0.187 e. The molecule has 0 bridgehead atoms. The van der Waals surface area contributed by atoms with Gasteiger partial charge in [0, 0.05) is 5.92 Å². The van der Waals surface area contributed by atoms with Crippen molar-refractivity contribution in [1.82, 2.24) is 0 Å². The summed E-state index contributed by atoms with van der Waals surface area (Å²) in [4.78, 5) is 0. The summed E-state index contributed by atoms with van der Waals surface area (Å²) in [5.41, 5.74) is 5.54. The number of nitrogens with two attached hydrogens (primary N) is 1. The highest BCUT2D eigenvalue weighted by Gasteiger charge is 2.53. The third-order valence-corrected chi connectivity index (χ3v) is 7.01. The Morgan fingerprint density at radius 1 is 0.649 bits per heavy atom. The fourth-order valence-corrected chi connectivity index (χ4v) is 4.57. The molecule has 0 aliphatic carbocycles. The molecule has 10 N–H and O–H groups in total. The largest absolute Gasteiger partial charge is 0.394 e. The molecule has 15 atom stereocenters. The predicted molar refractivity (Wildman–Crippen MR) is 120 cm³/mol. The fraction of sp³-hybridized carbons (Fsp3) is 1.00. The van der Waals surface area contributed by atoms with E-state index in [1.807, 2.05) is 0 Å². The lowest BCUT2D eigenvalue weighted by molar-refractivity contribution is -0.387. The molecule has 3 aliphatic heterocycles. The summed E-state index contributed by atoms with van der Waals surface area (Å²) in [5.74, 6) is -0.828. The van der Waals surface area contributed by atoms with Crippen LogP contribution in [0.4, 0.5) is 0 Å². The highest BCUT2D eigenvalue weighted by atomic mass is 16.8. The lowest BCUT2D eigenvalue weighted by Gasteiger charge is -2.49. The Hall–Kier alpha value is -0.600. The minimum absolute atomic E-state index is 0.0988. The molecule has 0 saturated carbocycles. The second-order valence-electron chi connectivity index (χ2n) is 9.68. The Morgan fingerprint density at radius 3 is 1.86 bits per heavy atom. The molecule has 37 heavy (non-hydrogen) atoms. The maximum absolute atomic E-state index is 11.0. The van der Waals surface area contributed by atoms with Crippen LogP contribution in [0.25, 0.3) is 0 Å². The molecule has 15 heteroatoms. The monoisotopic (exact) mass is 543 g/mol. The van der Waals surface area contributed by atoms with Crippen molar-refractivity contribution < 1.29 is 69.3 Å². The van der Waals surface area contributed by atoms with Crippen molar-refractivity contribution in [2.45, 2.75) is 106 Å². The van der Waals surface area contributed by atoms with Gasteiger partial charge in [0.05, 0.1) is 32.0 Å². The lowest BCUT2D eigenvalue weighted by Crippen LogP contribution is -2.66. The second-order valence-corrected chi connectivity index (χ2v) is 9.68. The van der Waals surface area contributed by atoms with Crippen molar-refractivity contribution in [3.63, 3.8) is 0 Å². The summed E-state index contributed by atoms with van der Waals surface area (Å²) in [6.45, 7) is 2.14. The van der Waals surface area contributed by atoms with Gasteiger partial charge in [0.15, 0.2) is 18.9 Å². The molecule has 218 valence electrons. The number of aliphatic hydroxyl groups is 8. The first-order valence-electron chi connectivity index (χ1n) is 12.4. The van der Waals surface area contributed by atoms with E-state index in [1.165, 1.54) is 13.8 Å². The van der Waals surface area contributed by atoms with Crippen molar-refractivity contribution in [2.75, 3.05) is 26.4 Å². The molecule has 0 aromatic rings. The zero-order valence-corrected chi connectivity index (χ0v) is 20.8. The van der Waals surface area contributed by atoms with Crippen molar-refractivity contribution in [2.24, 2.45) is 11.7 Å². The Balaban J connectivity index is 1.89. The first-order valence-corrected chi connectivity index (χ1v) is 12.4. The van der Waals surface area contributed by atoms with Gasteiger partial charge in [0.25, 0.3) is 0 Å². The molecule has 3 saturated heterocycles. The molecule has 15 nitrogen and oxygen atoms in total. The van der Waals surface area contributed by atoms with Crippen LogP contribution in [0, 0.1) is 5.92 Å². The highest BCUT2D eigenvalue weighted by molar-refractivity contribution is 4.96. The molecule has 0 amide bonds. The van der Waals surface area contributed by atoms with Crippen molar-refractivity contribution in [3.8, 4) is 0 Å². The van der Waals surface area contributed by atoms with Crippen LogP contribution in [-0.4, -0.2) is 153 Å². The summed E-state index contributed by atoms with van der Waals surface area (Å²) in [5, 5.41) is 81.7. The molecule has 3 aliphatic rings. The Kier molecular flexibility index (Phi) is 11.4. The van der Waals surface area contributed by atoms with Crippen LogP contribution in [-0.2, 0) is 28.4 Å². The van der Waals surface area contributed by atoms with Gasteiger partial charge in [-0.1, -0.05) is 6.92 Å². The molecule has 6 unspecified atom stereocenters. The number of hydrogen-bond acceptors (Lipinski definition) is 15. The topological polar surface area (TPSA) is 243 Å². The van der Waals surface area contributed by atoms with Crippen LogP contribution < -0.4 is 5.73 Å². The number of aliphatic hydroxyl groups excluding tert-OH is 8. The van der Waals surface area contributed by atoms with Gasteiger partial charge >= 0.3 is 0 Å². The van der Waals surface area contributed by atoms with Gasteiger partial charge in [-0.3, -0.25) is 0 Å². The zero-order chi connectivity index (χ0) is 27.4. The molecule has 0 spiro atoms. The van der Waals surface area contributed by atoms with E-state index in [0.29, 0.717) is 13.0 Å². The maximum Gasteiger partial charge on any atom is 0.187 e. The van der Waals surface area contributed by atoms with E-state index in [9.17, 15) is 40.9 Å². The first-order chi connectivity index (χ1) is 17.5. The predicted octanol–water partition coefficient (Wildman–Crippen LogP) is -4.90. The lowest BCUT2D eigenvalue weighted by atomic mass is 9.92. The summed E-state index contributed by atoms with van der Waals surface area (Å²) in [6.07, 6.45) is -18.6. The molecule has 0 radical (unpaired) electrons. The van der Waals surface area contributed by atoms with Crippen LogP contribution >= 0.6 is 0 Å². The van der Waals surface area contributed by atoms with Crippen LogP contribution in [0.3, 0.4) is 0 Å². The van der Waals surface area contributed by atoms with Gasteiger partial charge in [-0.2, -0.15) is 0 Å². The van der Waals surface area contributed by atoms with Gasteiger partial charge < -0.3 is 75.0 Å². The molecule has 0 aromatic heterocycles. The quantitative estimate of drug-likeness (QED) is 0.117. The first kappa shape index (κ1) is 30.9. The second kappa shape index (κ2) is 13.6. The summed E-state index contributed by atoms with van der Waals surface area (Å²) >= 11 is 0. The number of ether oxygens (including phenoxy) is 6. The van der Waals surface area contributed by atoms with Crippen molar-refractivity contribution in [3.05, 3.63) is 0 Å².